The lowest BCUT2D eigenvalue weighted by Gasteiger charge is -2.23. The number of nitrogens with zero attached hydrogens (tertiary/aromatic N) is 1. The summed E-state index contributed by atoms with van der Waals surface area (Å²) in [6.45, 7) is 1.15. The molecule has 0 heterocycles. The van der Waals surface area contributed by atoms with Crippen LogP contribution in [0.5, 0.6) is 5.75 Å². The smallest absolute Gasteiger partial charge is 0.271 e. The summed E-state index contributed by atoms with van der Waals surface area (Å²) in [4.78, 5) is 24.0. The van der Waals surface area contributed by atoms with E-state index < -0.39 is 35.1 Å². The van der Waals surface area contributed by atoms with E-state index in [9.17, 15) is 9.59 Å². The zero-order valence-corrected chi connectivity index (χ0v) is 20.6. The van der Waals surface area contributed by atoms with Crippen LogP contribution in [0.25, 0.3) is 11.1 Å². The molecule has 0 bridgehead atoms. The molecule has 2 amide bonds. The van der Waals surface area contributed by atoms with Gasteiger partial charge in [0.2, 0.25) is 0 Å². The number of hydrogen-bond acceptors (Lipinski definition) is 5. The molecule has 0 aliphatic carbocycles. The number of nitrogens with one attached hydrogen (secondary N) is 1. The van der Waals surface area contributed by atoms with Crippen LogP contribution in [0.2, 0.25) is 0 Å². The van der Waals surface area contributed by atoms with E-state index in [1.54, 1.807) is 49.4 Å². The Morgan fingerprint density at radius 1 is 1.03 bits per heavy atom. The molecular formula is C26H25ClF2N4O4. The van der Waals surface area contributed by atoms with Crippen molar-refractivity contribution in [2.75, 3.05) is 13.2 Å². The number of carbonyl (C=O) groups excluding carboxylic acids is 2. The van der Waals surface area contributed by atoms with Crippen LogP contribution in [-0.2, 0) is 20.9 Å². The summed E-state index contributed by atoms with van der Waals surface area (Å²) < 4.78 is 41.9. The second-order valence-corrected chi connectivity index (χ2v) is 8.35. The van der Waals surface area contributed by atoms with Crippen LogP contribution >= 0.6 is 11.8 Å². The quantitative estimate of drug-likeness (QED) is 0.195. The summed E-state index contributed by atoms with van der Waals surface area (Å²) in [5.74, 6) is -3.34. The van der Waals surface area contributed by atoms with Crippen LogP contribution in [0.1, 0.15) is 29.7 Å². The highest BCUT2D eigenvalue weighted by molar-refractivity contribution is 6.21. The van der Waals surface area contributed by atoms with Gasteiger partial charge in [-0.15, -0.1) is 0 Å². The highest BCUT2D eigenvalue weighted by Gasteiger charge is 2.31. The molecule has 11 heteroatoms. The molecule has 3 rings (SSSR count). The van der Waals surface area contributed by atoms with Gasteiger partial charge in [-0.1, -0.05) is 36.4 Å². The second-order valence-electron chi connectivity index (χ2n) is 7.94. The van der Waals surface area contributed by atoms with Crippen molar-refractivity contribution in [3.63, 3.8) is 0 Å². The molecular weight excluding hydrogens is 506 g/mol. The summed E-state index contributed by atoms with van der Waals surface area (Å²) in [7, 11) is 0. The Morgan fingerprint density at radius 3 is 2.24 bits per heavy atom. The predicted octanol–water partition coefficient (Wildman–Crippen LogP) is 4.04. The fraction of sp³-hybridized carbons (Fsp3) is 0.192. The average Bonchev–Trinajstić information content (AvgIpc) is 2.86. The molecule has 3 aromatic rings. The SMILES string of the molecule is CCOC(C(=O)N(Cl)Cc1ccc(C(=N)N)cc1)c1c(F)cc(-c2cccc(OCC(N)=O)c2)cc1F. The molecule has 0 saturated heterocycles. The number of benzene rings is 3. The zero-order chi connectivity index (χ0) is 27.1. The fourth-order valence-corrected chi connectivity index (χ4v) is 3.75. The summed E-state index contributed by atoms with van der Waals surface area (Å²) in [6.07, 6.45) is -1.63. The topological polar surface area (TPSA) is 132 Å². The Balaban J connectivity index is 1.86. The third kappa shape index (κ3) is 7.02. The lowest BCUT2D eigenvalue weighted by molar-refractivity contribution is -0.139. The van der Waals surface area contributed by atoms with E-state index in [2.05, 4.69) is 0 Å². The summed E-state index contributed by atoms with van der Waals surface area (Å²) in [5.41, 5.74) is 11.6. The van der Waals surface area contributed by atoms with Crippen molar-refractivity contribution < 1.29 is 27.8 Å². The Morgan fingerprint density at radius 2 is 1.68 bits per heavy atom. The van der Waals surface area contributed by atoms with Crippen LogP contribution in [0.3, 0.4) is 0 Å². The summed E-state index contributed by atoms with van der Waals surface area (Å²) >= 11 is 6.19. The van der Waals surface area contributed by atoms with Crippen LogP contribution < -0.4 is 16.2 Å². The van der Waals surface area contributed by atoms with E-state index in [0.717, 1.165) is 16.6 Å². The number of primary amides is 1. The first kappa shape index (κ1) is 27.6. The number of amides is 2. The van der Waals surface area contributed by atoms with Crippen molar-refractivity contribution in [2.45, 2.75) is 19.6 Å². The van der Waals surface area contributed by atoms with E-state index in [0.29, 0.717) is 16.7 Å². The molecule has 0 spiro atoms. The lowest BCUT2D eigenvalue weighted by Crippen LogP contribution is -2.30. The van der Waals surface area contributed by atoms with Crippen LogP contribution in [0, 0.1) is 17.0 Å². The Bertz CT molecular complexity index is 1280. The second kappa shape index (κ2) is 12.3. The fourth-order valence-electron chi connectivity index (χ4n) is 3.52. The maximum Gasteiger partial charge on any atom is 0.271 e. The van der Waals surface area contributed by atoms with Crippen LogP contribution in [-0.4, -0.2) is 35.3 Å². The Hall–Kier alpha value is -4.02. The maximum atomic E-state index is 15.2. The largest absolute Gasteiger partial charge is 0.484 e. The zero-order valence-electron chi connectivity index (χ0n) is 19.8. The van der Waals surface area contributed by atoms with Gasteiger partial charge in [0, 0.05) is 23.9 Å². The van der Waals surface area contributed by atoms with Crippen LogP contribution in [0.15, 0.2) is 60.7 Å². The molecule has 3 aromatic carbocycles. The minimum Gasteiger partial charge on any atom is -0.484 e. The number of ether oxygens (including phenoxy) is 2. The highest BCUT2D eigenvalue weighted by Crippen LogP contribution is 2.32. The molecule has 0 aromatic heterocycles. The van der Waals surface area contributed by atoms with E-state index in [4.69, 9.17) is 38.1 Å². The van der Waals surface area contributed by atoms with E-state index in [1.807, 2.05) is 0 Å². The van der Waals surface area contributed by atoms with Crippen molar-refractivity contribution in [2.24, 2.45) is 11.5 Å². The Labute approximate surface area is 217 Å². The monoisotopic (exact) mass is 530 g/mol. The van der Waals surface area contributed by atoms with Crippen molar-refractivity contribution in [1.82, 2.24) is 4.42 Å². The highest BCUT2D eigenvalue weighted by atomic mass is 35.5. The molecule has 0 radical (unpaired) electrons. The number of carbonyl (C=O) groups is 2. The predicted molar refractivity (Wildman–Crippen MR) is 135 cm³/mol. The van der Waals surface area contributed by atoms with Gasteiger partial charge in [0.15, 0.2) is 12.7 Å². The molecule has 0 fully saturated rings. The number of halogens is 3. The van der Waals surface area contributed by atoms with Crippen molar-refractivity contribution >= 4 is 29.4 Å². The number of hydrogen-bond donors (Lipinski definition) is 3. The van der Waals surface area contributed by atoms with E-state index in [-0.39, 0.29) is 36.9 Å². The van der Waals surface area contributed by atoms with Gasteiger partial charge in [0.1, 0.15) is 23.2 Å². The molecule has 0 saturated carbocycles. The summed E-state index contributed by atoms with van der Waals surface area (Å²) in [6, 6.07) is 14.9. The van der Waals surface area contributed by atoms with Crippen molar-refractivity contribution in [1.29, 1.82) is 5.41 Å². The number of nitrogens with two attached hydrogens (primary N) is 2. The van der Waals surface area contributed by atoms with Gasteiger partial charge in [-0.25, -0.2) is 13.2 Å². The minimum absolute atomic E-state index is 0.00563. The van der Waals surface area contributed by atoms with Gasteiger partial charge in [0.05, 0.1) is 12.1 Å². The lowest BCUT2D eigenvalue weighted by atomic mass is 9.99. The molecule has 0 aliphatic rings. The number of nitrogen functional groups attached to an aromatic ring is 1. The molecule has 37 heavy (non-hydrogen) atoms. The first-order valence-corrected chi connectivity index (χ1v) is 11.5. The average molecular weight is 531 g/mol. The molecule has 1 unspecified atom stereocenters. The van der Waals surface area contributed by atoms with Crippen molar-refractivity contribution in [3.8, 4) is 16.9 Å². The molecule has 0 aliphatic heterocycles. The van der Waals surface area contributed by atoms with Gasteiger partial charge in [0.25, 0.3) is 11.8 Å². The van der Waals surface area contributed by atoms with Crippen molar-refractivity contribution in [3.05, 3.63) is 89.0 Å². The standard InChI is InChI=1S/C26H25ClF2N4O4/c1-2-36-24(26(35)33(27)13-15-6-8-16(9-7-15)25(31)32)23-20(28)11-18(12-21(23)29)17-4-3-5-19(10-17)37-14-22(30)34/h3-12,24H,2,13-14H2,1H3,(H2,30,34)(H3,31,32). The number of amidine groups is 1. The Kier molecular flexibility index (Phi) is 9.15. The van der Waals surface area contributed by atoms with Crippen LogP contribution in [0.4, 0.5) is 8.78 Å². The molecule has 5 N–H and O–H groups in total. The third-order valence-corrected chi connectivity index (χ3v) is 5.56. The molecule has 194 valence electrons. The van der Waals surface area contributed by atoms with E-state index in [1.165, 1.54) is 6.07 Å². The minimum atomic E-state index is -1.63. The molecule has 8 nitrogen and oxygen atoms in total. The normalized spacial score (nSPS) is 11.6. The van der Waals surface area contributed by atoms with Gasteiger partial charge in [-0.3, -0.25) is 15.0 Å². The first-order chi connectivity index (χ1) is 17.6. The third-order valence-electron chi connectivity index (χ3n) is 5.27. The van der Waals surface area contributed by atoms with Gasteiger partial charge >= 0.3 is 0 Å². The van der Waals surface area contributed by atoms with E-state index >= 15 is 8.78 Å². The maximum absolute atomic E-state index is 15.2. The summed E-state index contributed by atoms with van der Waals surface area (Å²) in [5, 5.41) is 7.44. The van der Waals surface area contributed by atoms with Gasteiger partial charge in [-0.05, 0) is 47.9 Å². The molecule has 1 atom stereocenters. The van der Waals surface area contributed by atoms with Gasteiger partial charge < -0.3 is 20.9 Å². The van der Waals surface area contributed by atoms with Gasteiger partial charge in [-0.2, -0.15) is 0 Å². The number of rotatable bonds is 11. The first-order valence-electron chi connectivity index (χ1n) is 11.1.